The molecule has 7 heteroatoms. The molecule has 0 aromatic carbocycles. The molecule has 2 saturated heterocycles. The Kier molecular flexibility index (Phi) is 4.02. The largest absolute Gasteiger partial charge is 0.349 e. The fourth-order valence-corrected chi connectivity index (χ4v) is 5.30. The van der Waals surface area contributed by atoms with Crippen LogP contribution in [-0.2, 0) is 0 Å². The molecule has 2 aliphatic heterocycles. The van der Waals surface area contributed by atoms with E-state index in [1.54, 1.807) is 11.3 Å². The van der Waals surface area contributed by atoms with E-state index in [-0.39, 0.29) is 11.9 Å². The number of thiophene rings is 1. The van der Waals surface area contributed by atoms with Crippen LogP contribution in [0.3, 0.4) is 0 Å². The Labute approximate surface area is 161 Å². The van der Waals surface area contributed by atoms with Crippen molar-refractivity contribution in [2.75, 3.05) is 7.05 Å². The van der Waals surface area contributed by atoms with Crippen LogP contribution in [-0.4, -0.2) is 46.1 Å². The molecule has 1 N–H and O–H groups in total. The summed E-state index contributed by atoms with van der Waals surface area (Å²) in [5.41, 5.74) is 2.48. The molecule has 3 aromatic heterocycles. The second kappa shape index (κ2) is 6.42. The highest BCUT2D eigenvalue weighted by molar-refractivity contribution is 7.13. The van der Waals surface area contributed by atoms with Gasteiger partial charge in [-0.05, 0) is 57.2 Å². The summed E-state index contributed by atoms with van der Waals surface area (Å²) in [5, 5.41) is 10.0. The summed E-state index contributed by atoms with van der Waals surface area (Å²) in [6.45, 7) is 1.85. The lowest BCUT2D eigenvalue weighted by Crippen LogP contribution is -2.48. The summed E-state index contributed by atoms with van der Waals surface area (Å²) in [6, 6.07) is 7.25. The standard InChI is InChI=1S/C20H22N4O2S/c1-11-18-15(10-16(17-4-3-7-27-17)22-20(18)26-23-11)19(25)21-12-8-13-5-6-14(9-12)24(13)2/h3-4,7,10,12-14H,5-6,8-9H2,1-2H3,(H,21,25)/t13-,14-/m0/s1. The van der Waals surface area contributed by atoms with E-state index >= 15 is 0 Å². The van der Waals surface area contributed by atoms with Crippen molar-refractivity contribution in [1.29, 1.82) is 0 Å². The Morgan fingerprint density at radius 1 is 1.33 bits per heavy atom. The molecule has 6 nitrogen and oxygen atoms in total. The van der Waals surface area contributed by atoms with Gasteiger partial charge in [0.1, 0.15) is 0 Å². The first-order chi connectivity index (χ1) is 13.1. The number of hydrogen-bond donors (Lipinski definition) is 1. The van der Waals surface area contributed by atoms with Crippen molar-refractivity contribution in [2.24, 2.45) is 0 Å². The van der Waals surface area contributed by atoms with E-state index in [1.165, 1.54) is 12.8 Å². The first-order valence-corrected chi connectivity index (χ1v) is 10.3. The van der Waals surface area contributed by atoms with Gasteiger partial charge in [-0.25, -0.2) is 4.98 Å². The molecule has 140 valence electrons. The molecule has 2 fully saturated rings. The summed E-state index contributed by atoms with van der Waals surface area (Å²) in [6.07, 6.45) is 4.52. The summed E-state index contributed by atoms with van der Waals surface area (Å²) >= 11 is 1.59. The van der Waals surface area contributed by atoms with Crippen molar-refractivity contribution in [1.82, 2.24) is 20.4 Å². The lowest BCUT2D eigenvalue weighted by molar-refractivity contribution is 0.0884. The van der Waals surface area contributed by atoms with Crippen LogP contribution >= 0.6 is 11.3 Å². The molecule has 2 aliphatic rings. The number of amides is 1. The monoisotopic (exact) mass is 382 g/mol. The first kappa shape index (κ1) is 16.9. The summed E-state index contributed by atoms with van der Waals surface area (Å²) in [4.78, 5) is 21.3. The molecule has 3 aromatic rings. The molecule has 27 heavy (non-hydrogen) atoms. The molecular formula is C20H22N4O2S. The number of fused-ring (bicyclic) bond motifs is 3. The van der Waals surface area contributed by atoms with Crippen molar-refractivity contribution in [3.63, 3.8) is 0 Å². The summed E-state index contributed by atoms with van der Waals surface area (Å²) in [7, 11) is 2.21. The maximum Gasteiger partial charge on any atom is 0.259 e. The zero-order chi connectivity index (χ0) is 18.5. The van der Waals surface area contributed by atoms with E-state index in [2.05, 4.69) is 27.4 Å². The van der Waals surface area contributed by atoms with Gasteiger partial charge in [-0.15, -0.1) is 11.3 Å². The van der Waals surface area contributed by atoms with Crippen LogP contribution in [0, 0.1) is 6.92 Å². The Bertz CT molecular complexity index is 983. The van der Waals surface area contributed by atoms with E-state index in [0.29, 0.717) is 34.4 Å². The van der Waals surface area contributed by atoms with E-state index in [0.717, 1.165) is 23.4 Å². The smallest absolute Gasteiger partial charge is 0.259 e. The Morgan fingerprint density at radius 3 is 2.81 bits per heavy atom. The maximum atomic E-state index is 13.2. The molecule has 2 bridgehead atoms. The Balaban J connectivity index is 1.48. The van der Waals surface area contributed by atoms with E-state index < -0.39 is 0 Å². The minimum absolute atomic E-state index is 0.0551. The van der Waals surface area contributed by atoms with Crippen LogP contribution in [0.5, 0.6) is 0 Å². The molecule has 0 saturated carbocycles. The number of nitrogens with one attached hydrogen (secondary N) is 1. The van der Waals surface area contributed by atoms with Gasteiger partial charge in [0.05, 0.1) is 27.2 Å². The number of hydrogen-bond acceptors (Lipinski definition) is 6. The van der Waals surface area contributed by atoms with Crippen LogP contribution in [0.25, 0.3) is 21.7 Å². The van der Waals surface area contributed by atoms with Crippen molar-refractivity contribution < 1.29 is 9.32 Å². The highest BCUT2D eigenvalue weighted by Crippen LogP contribution is 2.35. The minimum atomic E-state index is -0.0551. The van der Waals surface area contributed by atoms with Gasteiger partial charge in [-0.1, -0.05) is 11.2 Å². The van der Waals surface area contributed by atoms with Crippen LogP contribution in [0.4, 0.5) is 0 Å². The third-order valence-electron chi connectivity index (χ3n) is 6.07. The second-order valence-corrected chi connectivity index (χ2v) is 8.62. The molecule has 2 atom stereocenters. The number of aryl methyl sites for hydroxylation is 1. The predicted molar refractivity (Wildman–Crippen MR) is 105 cm³/mol. The minimum Gasteiger partial charge on any atom is -0.349 e. The average Bonchev–Trinajstić information content (AvgIpc) is 3.35. The van der Waals surface area contributed by atoms with E-state index in [4.69, 9.17) is 4.52 Å². The Hall–Kier alpha value is -2.25. The number of carbonyl (C=O) groups is 1. The maximum absolute atomic E-state index is 13.2. The number of piperidine rings is 1. The summed E-state index contributed by atoms with van der Waals surface area (Å²) in [5.74, 6) is -0.0551. The van der Waals surface area contributed by atoms with Crippen LogP contribution < -0.4 is 5.32 Å². The number of nitrogens with zero attached hydrogens (tertiary/aromatic N) is 3. The zero-order valence-corrected chi connectivity index (χ0v) is 16.3. The molecule has 5 rings (SSSR count). The summed E-state index contributed by atoms with van der Waals surface area (Å²) < 4.78 is 5.38. The van der Waals surface area contributed by atoms with Crippen molar-refractivity contribution >= 4 is 28.3 Å². The number of carbonyl (C=O) groups excluding carboxylic acids is 1. The quantitative estimate of drug-likeness (QED) is 0.749. The number of pyridine rings is 1. The van der Waals surface area contributed by atoms with Crippen molar-refractivity contribution in [3.8, 4) is 10.6 Å². The Morgan fingerprint density at radius 2 is 2.11 bits per heavy atom. The molecule has 1 amide bonds. The number of rotatable bonds is 3. The molecule has 0 unspecified atom stereocenters. The normalized spacial score (nSPS) is 25.2. The first-order valence-electron chi connectivity index (χ1n) is 9.44. The van der Waals surface area contributed by atoms with Crippen LogP contribution in [0.2, 0.25) is 0 Å². The van der Waals surface area contributed by atoms with E-state index in [1.807, 2.05) is 30.5 Å². The van der Waals surface area contributed by atoms with Crippen molar-refractivity contribution in [3.05, 3.63) is 34.8 Å². The molecule has 0 radical (unpaired) electrons. The fourth-order valence-electron chi connectivity index (χ4n) is 4.62. The highest BCUT2D eigenvalue weighted by Gasteiger charge is 2.39. The lowest BCUT2D eigenvalue weighted by Gasteiger charge is -2.36. The highest BCUT2D eigenvalue weighted by atomic mass is 32.1. The average molecular weight is 382 g/mol. The fraction of sp³-hybridized carbons (Fsp3) is 0.450. The molecule has 0 spiro atoms. The van der Waals surface area contributed by atoms with E-state index in [9.17, 15) is 4.79 Å². The van der Waals surface area contributed by atoms with Crippen LogP contribution in [0.15, 0.2) is 28.1 Å². The topological polar surface area (TPSA) is 71.3 Å². The van der Waals surface area contributed by atoms with Gasteiger partial charge in [0.15, 0.2) is 0 Å². The third-order valence-corrected chi connectivity index (χ3v) is 6.96. The predicted octanol–water partition coefficient (Wildman–Crippen LogP) is 3.61. The van der Waals surface area contributed by atoms with Gasteiger partial charge in [-0.3, -0.25) is 4.79 Å². The second-order valence-electron chi connectivity index (χ2n) is 7.67. The van der Waals surface area contributed by atoms with Gasteiger partial charge in [0, 0.05) is 18.1 Å². The van der Waals surface area contributed by atoms with Gasteiger partial charge < -0.3 is 14.7 Å². The van der Waals surface area contributed by atoms with Crippen LogP contribution in [0.1, 0.15) is 41.7 Å². The molecule has 0 aliphatic carbocycles. The van der Waals surface area contributed by atoms with Gasteiger partial charge in [0.2, 0.25) is 0 Å². The van der Waals surface area contributed by atoms with Crippen molar-refractivity contribution in [2.45, 2.75) is 50.7 Å². The number of aromatic nitrogens is 2. The SMILES string of the molecule is Cc1noc2nc(-c3cccs3)cc(C(=O)NC3C[C@@H]4CC[C@@H](C3)N4C)c12. The van der Waals surface area contributed by atoms with Gasteiger partial charge >= 0.3 is 0 Å². The van der Waals surface area contributed by atoms with Gasteiger partial charge in [0.25, 0.3) is 11.6 Å². The molecular weight excluding hydrogens is 360 g/mol. The third kappa shape index (κ3) is 2.85. The zero-order valence-electron chi connectivity index (χ0n) is 15.4. The molecule has 5 heterocycles. The van der Waals surface area contributed by atoms with Gasteiger partial charge in [-0.2, -0.15) is 0 Å². The lowest BCUT2D eigenvalue weighted by atomic mass is 9.97.